The summed E-state index contributed by atoms with van der Waals surface area (Å²) in [5.74, 6) is 0.847. The molecule has 0 radical (unpaired) electrons. The van der Waals surface area contributed by atoms with Gasteiger partial charge in [0, 0.05) is 17.2 Å². The Bertz CT molecular complexity index is 781. The van der Waals surface area contributed by atoms with Gasteiger partial charge in [-0.1, -0.05) is 23.9 Å². The molecule has 0 spiro atoms. The van der Waals surface area contributed by atoms with Gasteiger partial charge >= 0.3 is 0 Å². The number of nitrogens with zero attached hydrogens (tertiary/aromatic N) is 2. The molecule has 1 unspecified atom stereocenters. The van der Waals surface area contributed by atoms with E-state index in [-0.39, 0.29) is 11.4 Å². The molecular weight excluding hydrogens is 320 g/mol. The lowest BCUT2D eigenvalue weighted by Gasteiger charge is -2.30. The molecule has 1 atom stereocenters. The summed E-state index contributed by atoms with van der Waals surface area (Å²) in [6.07, 6.45) is 0.922. The fraction of sp³-hybridized carbons (Fsp3) is 0.389. The van der Waals surface area contributed by atoms with Crippen molar-refractivity contribution in [2.45, 2.75) is 32.7 Å². The highest BCUT2D eigenvalue weighted by Gasteiger charge is 2.29. The van der Waals surface area contributed by atoms with Crippen LogP contribution in [0.2, 0.25) is 0 Å². The van der Waals surface area contributed by atoms with Crippen LogP contribution in [0.3, 0.4) is 0 Å². The molecule has 5 nitrogen and oxygen atoms in total. The minimum atomic E-state index is -0.337. The minimum Gasteiger partial charge on any atom is -0.379 e. The zero-order valence-electron chi connectivity index (χ0n) is 14.2. The van der Waals surface area contributed by atoms with Gasteiger partial charge in [0.05, 0.1) is 17.7 Å². The van der Waals surface area contributed by atoms with Crippen molar-refractivity contribution in [3.8, 4) is 0 Å². The molecular formula is C18H22N4OS. The molecule has 1 aromatic carbocycles. The van der Waals surface area contributed by atoms with Gasteiger partial charge in [0.1, 0.15) is 0 Å². The van der Waals surface area contributed by atoms with E-state index >= 15 is 0 Å². The van der Waals surface area contributed by atoms with Crippen molar-refractivity contribution in [1.29, 1.82) is 0 Å². The van der Waals surface area contributed by atoms with Crippen molar-refractivity contribution in [1.82, 2.24) is 0 Å². The second-order valence-electron chi connectivity index (χ2n) is 6.41. The summed E-state index contributed by atoms with van der Waals surface area (Å²) in [6, 6.07) is 7.87. The van der Waals surface area contributed by atoms with Gasteiger partial charge < -0.3 is 11.1 Å². The van der Waals surface area contributed by atoms with Crippen molar-refractivity contribution < 1.29 is 4.79 Å². The molecule has 6 heteroatoms. The standard InChI is InChI=1S/C18H22N4OS/c1-11-10-20-12(2)15(11)16(23)21-14-6-4-5-13(9-14)18(3)7-8-24-17(19)22-18/h4-6,9H,7-8,10H2,1-3H3,(H2,19,22)(H,21,23). The van der Waals surface area contributed by atoms with Gasteiger partial charge in [-0.2, -0.15) is 0 Å². The van der Waals surface area contributed by atoms with Crippen molar-refractivity contribution >= 4 is 34.2 Å². The Morgan fingerprint density at radius 2 is 2.17 bits per heavy atom. The third-order valence-corrected chi connectivity index (χ3v) is 5.30. The number of anilines is 1. The van der Waals surface area contributed by atoms with Gasteiger partial charge in [-0.25, -0.2) is 0 Å². The molecule has 0 aromatic heterocycles. The van der Waals surface area contributed by atoms with Crippen LogP contribution in [0.1, 0.15) is 32.8 Å². The summed E-state index contributed by atoms with van der Waals surface area (Å²) < 4.78 is 0. The average molecular weight is 342 g/mol. The Balaban J connectivity index is 1.84. The van der Waals surface area contributed by atoms with Gasteiger partial charge in [0.2, 0.25) is 0 Å². The molecule has 2 heterocycles. The molecule has 0 fully saturated rings. The maximum Gasteiger partial charge on any atom is 0.257 e. The molecule has 0 aliphatic carbocycles. The van der Waals surface area contributed by atoms with E-state index in [2.05, 4.69) is 22.2 Å². The highest BCUT2D eigenvalue weighted by molar-refractivity contribution is 8.13. The maximum absolute atomic E-state index is 12.6. The second kappa shape index (κ2) is 6.43. The summed E-state index contributed by atoms with van der Waals surface area (Å²) >= 11 is 1.59. The van der Waals surface area contributed by atoms with E-state index in [1.54, 1.807) is 11.8 Å². The number of carbonyl (C=O) groups excluding carboxylic acids is 1. The first-order valence-electron chi connectivity index (χ1n) is 8.00. The third kappa shape index (κ3) is 3.24. The Morgan fingerprint density at radius 3 is 2.83 bits per heavy atom. The number of nitrogens with two attached hydrogens (primary N) is 1. The fourth-order valence-electron chi connectivity index (χ4n) is 3.08. The van der Waals surface area contributed by atoms with Gasteiger partial charge in [0.25, 0.3) is 5.91 Å². The quantitative estimate of drug-likeness (QED) is 0.886. The van der Waals surface area contributed by atoms with Crippen molar-refractivity contribution in [3.63, 3.8) is 0 Å². The molecule has 0 bridgehead atoms. The van der Waals surface area contributed by atoms with Crippen LogP contribution in [0.15, 0.2) is 45.4 Å². The smallest absolute Gasteiger partial charge is 0.257 e. The number of aliphatic imine (C=N–C) groups is 2. The maximum atomic E-state index is 12.6. The SMILES string of the molecule is CC1=NCC(C)=C1C(=O)Nc1cccc(C2(C)CCSC(N)=N2)c1. The van der Waals surface area contributed by atoms with Crippen LogP contribution in [-0.4, -0.2) is 29.1 Å². The second-order valence-corrected chi connectivity index (χ2v) is 7.53. The first-order valence-corrected chi connectivity index (χ1v) is 8.99. The summed E-state index contributed by atoms with van der Waals surface area (Å²) in [6.45, 7) is 6.52. The van der Waals surface area contributed by atoms with Crippen LogP contribution in [-0.2, 0) is 10.3 Å². The number of hydrogen-bond donors (Lipinski definition) is 2. The minimum absolute atomic E-state index is 0.101. The summed E-state index contributed by atoms with van der Waals surface area (Å²) in [4.78, 5) is 21.5. The lowest BCUT2D eigenvalue weighted by Crippen LogP contribution is -2.29. The van der Waals surface area contributed by atoms with E-state index in [9.17, 15) is 4.79 Å². The molecule has 0 saturated heterocycles. The Morgan fingerprint density at radius 1 is 1.38 bits per heavy atom. The lowest BCUT2D eigenvalue weighted by atomic mass is 9.89. The number of carbonyl (C=O) groups is 1. The van der Waals surface area contributed by atoms with Crippen LogP contribution < -0.4 is 11.1 Å². The molecule has 126 valence electrons. The number of nitrogens with one attached hydrogen (secondary N) is 1. The van der Waals surface area contributed by atoms with E-state index in [1.165, 1.54) is 0 Å². The van der Waals surface area contributed by atoms with Gasteiger partial charge in [0.15, 0.2) is 5.17 Å². The predicted octanol–water partition coefficient (Wildman–Crippen LogP) is 3.08. The normalized spacial score (nSPS) is 23.8. The Labute approximate surface area is 146 Å². The Hall–Kier alpha value is -2.08. The molecule has 3 rings (SSSR count). The predicted molar refractivity (Wildman–Crippen MR) is 102 cm³/mol. The molecule has 1 aromatic rings. The van der Waals surface area contributed by atoms with Crippen molar-refractivity contribution in [2.24, 2.45) is 15.7 Å². The van der Waals surface area contributed by atoms with Crippen LogP contribution in [0.25, 0.3) is 0 Å². The lowest BCUT2D eigenvalue weighted by molar-refractivity contribution is -0.112. The van der Waals surface area contributed by atoms with E-state index in [0.717, 1.165) is 34.7 Å². The zero-order chi connectivity index (χ0) is 17.3. The molecule has 1 amide bonds. The zero-order valence-corrected chi connectivity index (χ0v) is 15.0. The summed E-state index contributed by atoms with van der Waals surface area (Å²) in [5, 5.41) is 3.61. The fourth-order valence-corrected chi connectivity index (χ4v) is 4.06. The number of amidine groups is 1. The first-order chi connectivity index (χ1) is 11.4. The van der Waals surface area contributed by atoms with Gasteiger partial charge in [-0.15, -0.1) is 0 Å². The number of thioether (sulfide) groups is 1. The largest absolute Gasteiger partial charge is 0.379 e. The number of rotatable bonds is 3. The summed E-state index contributed by atoms with van der Waals surface area (Å²) in [7, 11) is 0. The molecule has 3 N–H and O–H groups in total. The van der Waals surface area contributed by atoms with Gasteiger partial charge in [-0.3, -0.25) is 14.8 Å². The first kappa shape index (κ1) is 16.8. The highest BCUT2D eigenvalue weighted by Crippen LogP contribution is 2.36. The molecule has 24 heavy (non-hydrogen) atoms. The van der Waals surface area contributed by atoms with Crippen LogP contribution in [0, 0.1) is 0 Å². The molecule has 2 aliphatic rings. The number of hydrogen-bond acceptors (Lipinski definition) is 5. The topological polar surface area (TPSA) is 79.8 Å². The van der Waals surface area contributed by atoms with Crippen molar-refractivity contribution in [3.05, 3.63) is 41.0 Å². The van der Waals surface area contributed by atoms with Gasteiger partial charge in [-0.05, 0) is 50.5 Å². The van der Waals surface area contributed by atoms with Crippen LogP contribution in [0.5, 0.6) is 0 Å². The molecule has 0 saturated carbocycles. The van der Waals surface area contributed by atoms with E-state index in [4.69, 9.17) is 5.73 Å². The van der Waals surface area contributed by atoms with E-state index < -0.39 is 0 Å². The molecule has 2 aliphatic heterocycles. The Kier molecular flexibility index (Phi) is 4.49. The van der Waals surface area contributed by atoms with Crippen LogP contribution in [0.4, 0.5) is 5.69 Å². The average Bonchev–Trinajstić information content (AvgIpc) is 2.86. The summed E-state index contributed by atoms with van der Waals surface area (Å²) in [5.41, 5.74) is 9.90. The van der Waals surface area contributed by atoms with E-state index in [1.807, 2.05) is 38.1 Å². The van der Waals surface area contributed by atoms with Crippen LogP contribution >= 0.6 is 11.8 Å². The van der Waals surface area contributed by atoms with E-state index in [0.29, 0.717) is 17.3 Å². The monoisotopic (exact) mass is 342 g/mol. The number of amides is 1. The number of benzene rings is 1. The third-order valence-electron chi connectivity index (χ3n) is 4.51. The highest BCUT2D eigenvalue weighted by atomic mass is 32.2. The van der Waals surface area contributed by atoms with Crippen molar-refractivity contribution in [2.75, 3.05) is 17.6 Å².